The van der Waals surface area contributed by atoms with Crippen LogP contribution in [0.1, 0.15) is 0 Å². The Hall–Kier alpha value is -0.320. The van der Waals surface area contributed by atoms with E-state index in [0.29, 0.717) is 0 Å². The zero-order valence-corrected chi connectivity index (χ0v) is 6.50. The molecule has 0 fully saturated rings. The third-order valence-corrected chi connectivity index (χ3v) is 1.10. The molecule has 0 bridgehead atoms. The van der Waals surface area contributed by atoms with Crippen molar-refractivity contribution in [3.05, 3.63) is 22.6 Å². The molecule has 0 unspecified atom stereocenters. The summed E-state index contributed by atoms with van der Waals surface area (Å²) in [4.78, 5) is 3.73. The Bertz CT molecular complexity index is 126. The molecule has 3 heteroatoms. The molecule has 0 rings (SSSR count). The van der Waals surface area contributed by atoms with Crippen LogP contribution in [0, 0.1) is 0 Å². The molecule has 2 N–H and O–H groups in total. The first kappa shape index (κ1) is 7.68. The summed E-state index contributed by atoms with van der Waals surface area (Å²) in [5, 5.41) is 0. The molecule has 0 saturated heterocycles. The highest BCUT2D eigenvalue weighted by Crippen LogP contribution is 1.97. The summed E-state index contributed by atoms with van der Waals surface area (Å²) in [5.74, 6) is 0. The lowest BCUT2D eigenvalue weighted by molar-refractivity contribution is 1.59. The predicted molar refractivity (Wildman–Crippen MR) is 45.0 cm³/mol. The highest BCUT2D eigenvalue weighted by atomic mass is 127. The molecule has 44 valence electrons. The third kappa shape index (κ3) is 3.86. The number of rotatable bonds is 2. The minimum absolute atomic E-state index is 0.905. The largest absolute Gasteiger partial charge is 0.404 e. The Labute approximate surface area is 62.3 Å². The van der Waals surface area contributed by atoms with Crippen molar-refractivity contribution in [3.8, 4) is 0 Å². The summed E-state index contributed by atoms with van der Waals surface area (Å²) in [7, 11) is 0. The van der Waals surface area contributed by atoms with Crippen molar-refractivity contribution in [3.63, 3.8) is 0 Å². The van der Waals surface area contributed by atoms with E-state index in [1.54, 1.807) is 6.21 Å². The number of hydrogen-bond acceptors (Lipinski definition) is 2. The third-order valence-electron chi connectivity index (χ3n) is 0.462. The Morgan fingerprint density at radius 1 is 1.75 bits per heavy atom. The molecule has 0 aliphatic carbocycles. The van der Waals surface area contributed by atoms with Crippen molar-refractivity contribution in [2.24, 2.45) is 10.7 Å². The van der Waals surface area contributed by atoms with Crippen LogP contribution in [0.25, 0.3) is 0 Å². The maximum atomic E-state index is 5.12. The lowest BCUT2D eigenvalue weighted by Crippen LogP contribution is -1.80. The second-order valence-electron chi connectivity index (χ2n) is 1.01. The molecule has 8 heavy (non-hydrogen) atoms. The Balaban J connectivity index is 3.69. The van der Waals surface area contributed by atoms with Crippen LogP contribution < -0.4 is 5.73 Å². The standard InChI is InChI=1S/C5H7IN2/c1-2-8-4-5(6)3-7/h2-4H,1,7H2/b5-3+,8-4-. The lowest BCUT2D eigenvalue weighted by atomic mass is 10.7. The number of aliphatic imine (C=N–C) groups is 1. The topological polar surface area (TPSA) is 38.4 Å². The molecule has 2 nitrogen and oxygen atoms in total. The van der Waals surface area contributed by atoms with Gasteiger partial charge in [-0.2, -0.15) is 0 Å². The molecule has 0 radical (unpaired) electrons. The van der Waals surface area contributed by atoms with Crippen LogP contribution in [-0.2, 0) is 0 Å². The van der Waals surface area contributed by atoms with Gasteiger partial charge in [-0.15, -0.1) is 0 Å². The van der Waals surface area contributed by atoms with E-state index >= 15 is 0 Å². The quantitative estimate of drug-likeness (QED) is 0.557. The molecular weight excluding hydrogens is 215 g/mol. The van der Waals surface area contributed by atoms with E-state index in [9.17, 15) is 0 Å². The highest BCUT2D eigenvalue weighted by Gasteiger charge is 1.75. The van der Waals surface area contributed by atoms with E-state index in [1.165, 1.54) is 12.4 Å². The number of allylic oxidation sites excluding steroid dienone is 1. The fourth-order valence-electron chi connectivity index (χ4n) is 0.167. The molecule has 0 heterocycles. The van der Waals surface area contributed by atoms with Crippen molar-refractivity contribution in [2.75, 3.05) is 0 Å². The van der Waals surface area contributed by atoms with Gasteiger partial charge in [0.05, 0.1) is 0 Å². The zero-order chi connectivity index (χ0) is 6.41. The zero-order valence-electron chi connectivity index (χ0n) is 4.34. The van der Waals surface area contributed by atoms with Crippen molar-refractivity contribution in [1.29, 1.82) is 0 Å². The first-order valence-electron chi connectivity index (χ1n) is 2.02. The highest BCUT2D eigenvalue weighted by molar-refractivity contribution is 14.1. The average molecular weight is 222 g/mol. The summed E-state index contributed by atoms with van der Waals surface area (Å²) in [6.07, 6.45) is 4.57. The summed E-state index contributed by atoms with van der Waals surface area (Å²) in [6, 6.07) is 0. The predicted octanol–water partition coefficient (Wildman–Crippen LogP) is 1.44. The molecule has 0 spiro atoms. The van der Waals surface area contributed by atoms with Crippen molar-refractivity contribution >= 4 is 28.8 Å². The van der Waals surface area contributed by atoms with Gasteiger partial charge in [0.1, 0.15) is 0 Å². The SMILES string of the molecule is C=C/N=C\C(I)=C/N. The van der Waals surface area contributed by atoms with E-state index in [1.807, 2.05) is 0 Å². The van der Waals surface area contributed by atoms with Gasteiger partial charge in [0, 0.05) is 22.2 Å². The van der Waals surface area contributed by atoms with Crippen molar-refractivity contribution in [2.45, 2.75) is 0 Å². The molecule has 0 aromatic rings. The summed E-state index contributed by atoms with van der Waals surface area (Å²) < 4.78 is 0.905. The normalized spacial score (nSPS) is 12.4. The van der Waals surface area contributed by atoms with E-state index in [4.69, 9.17) is 5.73 Å². The first-order chi connectivity index (χ1) is 3.81. The second kappa shape index (κ2) is 4.83. The molecular formula is C5H7IN2. The molecule has 0 amide bonds. The van der Waals surface area contributed by atoms with E-state index in [0.717, 1.165) is 3.58 Å². The minimum atomic E-state index is 0.905. The van der Waals surface area contributed by atoms with Crippen LogP contribution in [0.15, 0.2) is 27.6 Å². The number of nitrogens with two attached hydrogens (primary N) is 1. The van der Waals surface area contributed by atoms with Crippen LogP contribution in [0.5, 0.6) is 0 Å². The molecule has 0 atom stereocenters. The molecule has 0 aliphatic rings. The van der Waals surface area contributed by atoms with E-state index in [2.05, 4.69) is 34.2 Å². The van der Waals surface area contributed by atoms with Gasteiger partial charge in [-0.25, -0.2) is 0 Å². The lowest BCUT2D eigenvalue weighted by Gasteiger charge is -1.79. The second-order valence-corrected chi connectivity index (χ2v) is 2.26. The van der Waals surface area contributed by atoms with Gasteiger partial charge < -0.3 is 5.73 Å². The minimum Gasteiger partial charge on any atom is -0.404 e. The van der Waals surface area contributed by atoms with E-state index in [-0.39, 0.29) is 0 Å². The number of hydrogen-bond donors (Lipinski definition) is 1. The molecule has 0 saturated carbocycles. The fraction of sp³-hybridized carbons (Fsp3) is 0. The Morgan fingerprint density at radius 2 is 2.38 bits per heavy atom. The van der Waals surface area contributed by atoms with Gasteiger partial charge in [0.25, 0.3) is 0 Å². The monoisotopic (exact) mass is 222 g/mol. The first-order valence-corrected chi connectivity index (χ1v) is 3.10. The van der Waals surface area contributed by atoms with Crippen LogP contribution in [-0.4, -0.2) is 6.21 Å². The van der Waals surface area contributed by atoms with Crippen LogP contribution in [0.2, 0.25) is 0 Å². The van der Waals surface area contributed by atoms with Crippen LogP contribution in [0.3, 0.4) is 0 Å². The van der Waals surface area contributed by atoms with Gasteiger partial charge in [-0.05, 0) is 22.6 Å². The average Bonchev–Trinajstić information content (AvgIpc) is 1.83. The molecule has 0 aliphatic heterocycles. The smallest absolute Gasteiger partial charge is 0.0467 e. The fourth-order valence-corrected chi connectivity index (χ4v) is 0.328. The Morgan fingerprint density at radius 3 is 2.75 bits per heavy atom. The van der Waals surface area contributed by atoms with Gasteiger partial charge in [0.15, 0.2) is 0 Å². The maximum Gasteiger partial charge on any atom is 0.0467 e. The number of nitrogens with zero attached hydrogens (tertiary/aromatic N) is 1. The van der Waals surface area contributed by atoms with Crippen LogP contribution in [0.4, 0.5) is 0 Å². The summed E-state index contributed by atoms with van der Waals surface area (Å²) in [5.41, 5.74) is 5.12. The number of halogens is 1. The van der Waals surface area contributed by atoms with Crippen molar-refractivity contribution < 1.29 is 0 Å². The maximum absolute atomic E-state index is 5.12. The molecule has 0 aromatic heterocycles. The van der Waals surface area contributed by atoms with E-state index < -0.39 is 0 Å². The van der Waals surface area contributed by atoms with Gasteiger partial charge in [-0.3, -0.25) is 4.99 Å². The van der Waals surface area contributed by atoms with Gasteiger partial charge in [0.2, 0.25) is 0 Å². The van der Waals surface area contributed by atoms with Gasteiger partial charge in [-0.1, -0.05) is 6.58 Å². The van der Waals surface area contributed by atoms with Crippen LogP contribution >= 0.6 is 22.6 Å². The molecule has 0 aromatic carbocycles. The Kier molecular flexibility index (Phi) is 4.64. The summed E-state index contributed by atoms with van der Waals surface area (Å²) >= 11 is 2.07. The summed E-state index contributed by atoms with van der Waals surface area (Å²) in [6.45, 7) is 3.40. The van der Waals surface area contributed by atoms with Gasteiger partial charge >= 0.3 is 0 Å². The van der Waals surface area contributed by atoms with Crippen molar-refractivity contribution in [1.82, 2.24) is 0 Å².